The molecule has 7 fully saturated rings. The van der Waals surface area contributed by atoms with Gasteiger partial charge < -0.3 is 35.4 Å². The van der Waals surface area contributed by atoms with E-state index in [-0.39, 0.29) is 59.7 Å². The highest BCUT2D eigenvalue weighted by molar-refractivity contribution is 6.20. The van der Waals surface area contributed by atoms with Crippen molar-refractivity contribution in [3.8, 4) is 0 Å². The second kappa shape index (κ2) is 19.3. The molecule has 0 aromatic carbocycles. The number of nitrogens with one attached hydrogen (secondary N) is 2. The van der Waals surface area contributed by atoms with Crippen LogP contribution in [0.1, 0.15) is 111 Å². The summed E-state index contributed by atoms with van der Waals surface area (Å²) in [5, 5.41) is 30.4. The summed E-state index contributed by atoms with van der Waals surface area (Å²) in [7, 11) is 10.3. The van der Waals surface area contributed by atoms with E-state index in [0.717, 1.165) is 70.8 Å². The molecule has 2 amide bonds. The highest BCUT2D eigenvalue weighted by atomic mass is 35.5. The number of rotatable bonds is 15. The van der Waals surface area contributed by atoms with Crippen LogP contribution in [-0.2, 0) is 19.2 Å². The summed E-state index contributed by atoms with van der Waals surface area (Å²) in [6.07, 6.45) is 11.9. The zero-order chi connectivity index (χ0) is 41.3. The Kier molecular flexibility index (Phi) is 15.4. The second-order valence-corrected chi connectivity index (χ2v) is 21.4. The normalized spacial score (nSPS) is 42.0. The summed E-state index contributed by atoms with van der Waals surface area (Å²) < 4.78 is 6.46. The minimum absolute atomic E-state index is 0.0681. The molecule has 6 saturated carbocycles. The molecule has 0 aromatic rings. The van der Waals surface area contributed by atoms with Crippen LogP contribution in [0, 0.1) is 58.7 Å². The lowest BCUT2D eigenvalue weighted by atomic mass is 9.45. The van der Waals surface area contributed by atoms with Crippen molar-refractivity contribution >= 4 is 23.4 Å². The van der Waals surface area contributed by atoms with Crippen LogP contribution in [0.4, 0.5) is 0 Å². The minimum Gasteiger partial charge on any atom is -0.394 e. The van der Waals surface area contributed by atoms with E-state index in [1.54, 1.807) is 12.0 Å². The van der Waals surface area contributed by atoms with Crippen molar-refractivity contribution in [3.05, 3.63) is 0 Å². The third kappa shape index (κ3) is 10.0. The van der Waals surface area contributed by atoms with Gasteiger partial charge in [-0.3, -0.25) is 14.4 Å². The van der Waals surface area contributed by atoms with Crippen molar-refractivity contribution in [3.63, 3.8) is 0 Å². The van der Waals surface area contributed by atoms with E-state index in [1.165, 1.54) is 19.3 Å². The maximum absolute atomic E-state index is 14.4. The number of hydroxylamine groups is 2. The number of fused-ring (bicyclic) bond motifs is 2. The number of amides is 2. The van der Waals surface area contributed by atoms with Crippen LogP contribution in [0.25, 0.3) is 0 Å². The molecule has 6 aliphatic carbocycles. The van der Waals surface area contributed by atoms with Crippen LogP contribution >= 0.6 is 11.6 Å². The lowest BCUT2D eigenvalue weighted by Gasteiger charge is -2.62. The molecule has 11 nitrogen and oxygen atoms in total. The standard InChI is InChI=1S/C45H80ClN5O6/c1-26-36-21-32(45(36,3)4)22-38(26)48-44(55)41-40(27(2)53)39(25-52)57-51(41)23-29-14-12-15-35(42(29)56-9)30-17-31(20-34(19-30)50(7)8)43(54)47-33(24-49(5)6)18-28-13-10-11-16-37(28)46/h26-42,52-53H,10-25H2,1-9H3,(H,47,54)(H,48,55)/t26-,27-,28?,29?,30?,31?,32+,33-,34?,35?,36-,37?,38-,39-,40+,41-,42?/m0/s1. The molecular weight excluding hydrogens is 742 g/mol. The average Bonchev–Trinajstić information content (AvgIpc) is 3.54. The third-order valence-corrected chi connectivity index (χ3v) is 17.1. The number of hydrogen-bond acceptors (Lipinski definition) is 9. The molecule has 0 aromatic heterocycles. The van der Waals surface area contributed by atoms with Gasteiger partial charge in [-0.15, -0.1) is 11.6 Å². The quantitative estimate of drug-likeness (QED) is 0.166. The van der Waals surface area contributed by atoms with E-state index in [2.05, 4.69) is 69.4 Å². The average molecular weight is 823 g/mol. The van der Waals surface area contributed by atoms with Crippen molar-refractivity contribution in [1.82, 2.24) is 25.5 Å². The van der Waals surface area contributed by atoms with E-state index < -0.39 is 24.2 Å². The van der Waals surface area contributed by atoms with Gasteiger partial charge in [0.25, 0.3) is 0 Å². The van der Waals surface area contributed by atoms with Gasteiger partial charge in [-0.05, 0) is 140 Å². The molecule has 4 N–H and O–H groups in total. The number of carbonyl (C=O) groups excluding carboxylic acids is 2. The van der Waals surface area contributed by atoms with Gasteiger partial charge in [0, 0.05) is 61.5 Å². The predicted octanol–water partition coefficient (Wildman–Crippen LogP) is 5.16. The topological polar surface area (TPSA) is 127 Å². The fourth-order valence-corrected chi connectivity index (χ4v) is 13.5. The molecule has 2 bridgehead atoms. The number of ether oxygens (including phenoxy) is 1. The first-order valence-corrected chi connectivity index (χ1v) is 23.3. The molecule has 0 spiro atoms. The summed E-state index contributed by atoms with van der Waals surface area (Å²) in [5.74, 6) is 2.11. The minimum atomic E-state index is -0.832. The Labute approximate surface area is 350 Å². The van der Waals surface area contributed by atoms with Crippen molar-refractivity contribution in [1.29, 1.82) is 0 Å². The van der Waals surface area contributed by atoms with Crippen LogP contribution in [0.5, 0.6) is 0 Å². The third-order valence-electron chi connectivity index (χ3n) is 16.5. The summed E-state index contributed by atoms with van der Waals surface area (Å²) in [6, 6.07) is -0.259. The van der Waals surface area contributed by atoms with Crippen molar-refractivity contribution in [2.45, 2.75) is 159 Å². The Balaban J connectivity index is 1.16. The van der Waals surface area contributed by atoms with Crippen molar-refractivity contribution in [2.75, 3.05) is 55.0 Å². The van der Waals surface area contributed by atoms with E-state index in [9.17, 15) is 19.8 Å². The summed E-state index contributed by atoms with van der Waals surface area (Å²) >= 11 is 6.82. The number of carbonyl (C=O) groups is 2. The van der Waals surface area contributed by atoms with Crippen LogP contribution < -0.4 is 10.6 Å². The number of halogens is 1. The molecular formula is C45H80ClN5O6. The van der Waals surface area contributed by atoms with Gasteiger partial charge in [0.15, 0.2) is 0 Å². The first-order chi connectivity index (χ1) is 27.0. The lowest BCUT2D eigenvalue weighted by molar-refractivity contribution is -0.193. The van der Waals surface area contributed by atoms with E-state index in [4.69, 9.17) is 21.2 Å². The molecule has 7 aliphatic rings. The first-order valence-electron chi connectivity index (χ1n) is 22.8. The van der Waals surface area contributed by atoms with Gasteiger partial charge in [-0.1, -0.05) is 40.0 Å². The van der Waals surface area contributed by atoms with Crippen LogP contribution in [0.15, 0.2) is 0 Å². The largest absolute Gasteiger partial charge is 0.394 e. The lowest BCUT2D eigenvalue weighted by Crippen LogP contribution is -2.62. The van der Waals surface area contributed by atoms with Gasteiger partial charge in [0.2, 0.25) is 11.8 Å². The zero-order valence-electron chi connectivity index (χ0n) is 36.9. The molecule has 1 saturated heterocycles. The summed E-state index contributed by atoms with van der Waals surface area (Å²) in [4.78, 5) is 39.6. The smallest absolute Gasteiger partial charge is 0.240 e. The molecule has 7 rings (SSSR count). The SMILES string of the molecule is COC1C(CN2O[C@@H](CO)[C@@H]([C@H](C)O)[C@H]2C(=O)N[C@H]2C[C@H]3C[C@@H]([C@@H]2C)C3(C)C)CCCC1C1CC(C(=O)N[C@@H](CC2CCCCC2Cl)CN(C)C)CC(N(C)C)C1. The number of aliphatic hydroxyl groups is 2. The second-order valence-electron chi connectivity index (χ2n) is 20.9. The number of nitrogens with zero attached hydrogens (tertiary/aromatic N) is 3. The van der Waals surface area contributed by atoms with E-state index in [0.29, 0.717) is 47.6 Å². The van der Waals surface area contributed by atoms with Crippen molar-refractivity contribution in [2.24, 2.45) is 58.7 Å². The van der Waals surface area contributed by atoms with Crippen LogP contribution in [0.2, 0.25) is 0 Å². The van der Waals surface area contributed by atoms with Crippen LogP contribution in [-0.4, -0.2) is 140 Å². The molecule has 1 heterocycles. The van der Waals surface area contributed by atoms with Gasteiger partial charge >= 0.3 is 0 Å². The molecule has 57 heavy (non-hydrogen) atoms. The first kappa shape index (κ1) is 45.5. The molecule has 8 unspecified atom stereocenters. The maximum atomic E-state index is 14.4. The molecule has 0 radical (unpaired) electrons. The Bertz CT molecular complexity index is 1340. The number of likely N-dealkylation sites (N-methyl/N-ethyl adjacent to an activating group) is 1. The van der Waals surface area contributed by atoms with E-state index in [1.807, 2.05) is 7.11 Å². The van der Waals surface area contributed by atoms with Gasteiger partial charge in [-0.2, -0.15) is 5.06 Å². The number of alkyl halides is 1. The number of aliphatic hydroxyl groups excluding tert-OH is 2. The monoisotopic (exact) mass is 822 g/mol. The fraction of sp³-hybridized carbons (Fsp3) is 0.956. The molecule has 1 aliphatic heterocycles. The summed E-state index contributed by atoms with van der Waals surface area (Å²) in [6.45, 7) is 9.73. The van der Waals surface area contributed by atoms with E-state index >= 15 is 0 Å². The number of hydrogen-bond donors (Lipinski definition) is 4. The number of methoxy groups -OCH3 is 1. The highest BCUT2D eigenvalue weighted by Crippen LogP contribution is 2.61. The van der Waals surface area contributed by atoms with Crippen LogP contribution in [0.3, 0.4) is 0 Å². The molecule has 12 heteroatoms. The highest BCUT2D eigenvalue weighted by Gasteiger charge is 2.58. The van der Waals surface area contributed by atoms with Gasteiger partial charge in [0.1, 0.15) is 12.1 Å². The zero-order valence-corrected chi connectivity index (χ0v) is 37.6. The summed E-state index contributed by atoms with van der Waals surface area (Å²) in [5.41, 5.74) is 0.312. The van der Waals surface area contributed by atoms with Gasteiger partial charge in [-0.25, -0.2) is 0 Å². The Hall–Kier alpha value is -1.05. The Morgan fingerprint density at radius 1 is 0.982 bits per heavy atom. The Morgan fingerprint density at radius 2 is 1.70 bits per heavy atom. The fourth-order valence-electron chi connectivity index (χ4n) is 13.1. The molecule has 328 valence electrons. The van der Waals surface area contributed by atoms with Gasteiger partial charge in [0.05, 0.1) is 18.8 Å². The predicted molar refractivity (Wildman–Crippen MR) is 225 cm³/mol. The Morgan fingerprint density at radius 3 is 2.32 bits per heavy atom. The molecule has 17 atom stereocenters. The maximum Gasteiger partial charge on any atom is 0.240 e. The van der Waals surface area contributed by atoms with Crippen molar-refractivity contribution < 1.29 is 29.4 Å².